The first-order chi connectivity index (χ1) is 15.1. The molecule has 0 aromatic heterocycles. The molecule has 1 saturated heterocycles. The van der Waals surface area contributed by atoms with E-state index in [0.717, 1.165) is 56.0 Å². The fraction of sp³-hybridized carbons (Fsp3) is 0.786. The zero-order valence-corrected chi connectivity index (χ0v) is 20.5. The molecule has 1 unspecified atom stereocenters. The van der Waals surface area contributed by atoms with Crippen LogP contribution in [0.1, 0.15) is 78.6 Å². The van der Waals surface area contributed by atoms with E-state index in [-0.39, 0.29) is 0 Å². The van der Waals surface area contributed by atoms with Gasteiger partial charge < -0.3 is 20.2 Å². The van der Waals surface area contributed by atoms with Crippen LogP contribution in [0.25, 0.3) is 0 Å². The van der Waals surface area contributed by atoms with Crippen molar-refractivity contribution in [1.29, 1.82) is 0 Å². The third kappa shape index (κ3) is 4.94. The van der Waals surface area contributed by atoms with Gasteiger partial charge in [-0.2, -0.15) is 0 Å². The lowest BCUT2D eigenvalue weighted by molar-refractivity contribution is -0.0262. The van der Waals surface area contributed by atoms with Crippen LogP contribution in [0.3, 0.4) is 0 Å². The Labute approximate surface area is 195 Å². The van der Waals surface area contributed by atoms with Crippen molar-refractivity contribution in [3.63, 3.8) is 0 Å². The van der Waals surface area contributed by atoms with E-state index in [4.69, 9.17) is 0 Å². The Balaban J connectivity index is 1.46. The Morgan fingerprint density at radius 1 is 1.16 bits per heavy atom. The average Bonchev–Trinajstić information content (AvgIpc) is 3.06. The third-order valence-corrected chi connectivity index (χ3v) is 9.29. The van der Waals surface area contributed by atoms with Crippen molar-refractivity contribution in [2.75, 3.05) is 19.6 Å². The molecule has 3 N–H and O–H groups in total. The van der Waals surface area contributed by atoms with Gasteiger partial charge in [-0.3, -0.25) is 0 Å². The Kier molecular flexibility index (Phi) is 7.08. The van der Waals surface area contributed by atoms with Gasteiger partial charge in [-0.15, -0.1) is 0 Å². The molecule has 4 nitrogen and oxygen atoms in total. The lowest BCUT2D eigenvalue weighted by Gasteiger charge is -2.46. The van der Waals surface area contributed by atoms with E-state index in [0.29, 0.717) is 30.1 Å². The minimum atomic E-state index is -0.618. The van der Waals surface area contributed by atoms with E-state index < -0.39 is 17.8 Å². The largest absolute Gasteiger partial charge is 0.393 e. The second-order valence-corrected chi connectivity index (χ2v) is 12.0. The third-order valence-electron chi connectivity index (χ3n) is 9.29. The van der Waals surface area contributed by atoms with Crippen LogP contribution in [0.5, 0.6) is 0 Å². The number of aliphatic hydroxyl groups excluding tert-OH is 2. The first kappa shape index (κ1) is 24.2. The van der Waals surface area contributed by atoms with Gasteiger partial charge in [0, 0.05) is 19.5 Å². The van der Waals surface area contributed by atoms with Crippen molar-refractivity contribution in [1.82, 2.24) is 4.90 Å². The molecule has 0 amide bonds. The van der Waals surface area contributed by atoms with Gasteiger partial charge >= 0.3 is 0 Å². The van der Waals surface area contributed by atoms with Crippen LogP contribution in [0.2, 0.25) is 0 Å². The van der Waals surface area contributed by atoms with E-state index in [2.05, 4.69) is 37.5 Å². The fourth-order valence-electron chi connectivity index (χ4n) is 7.69. The van der Waals surface area contributed by atoms with Gasteiger partial charge in [0.05, 0.1) is 17.8 Å². The summed E-state index contributed by atoms with van der Waals surface area (Å²) in [4.78, 5) is 2.50. The van der Waals surface area contributed by atoms with Gasteiger partial charge in [-0.1, -0.05) is 38.2 Å². The van der Waals surface area contributed by atoms with Gasteiger partial charge in [-0.05, 0) is 99.1 Å². The zero-order chi connectivity index (χ0) is 23.1. The summed E-state index contributed by atoms with van der Waals surface area (Å²) in [6.45, 7) is 14.1. The van der Waals surface area contributed by atoms with Crippen LogP contribution in [0.15, 0.2) is 35.5 Å². The second kappa shape index (κ2) is 9.37. The number of piperidine rings is 1. The zero-order valence-electron chi connectivity index (χ0n) is 20.5. The Bertz CT molecular complexity index is 769. The summed E-state index contributed by atoms with van der Waals surface area (Å²) in [7, 11) is 0. The number of hydrogen-bond donors (Lipinski definition) is 3. The highest BCUT2D eigenvalue weighted by Crippen LogP contribution is 2.59. The number of hydrogen-bond acceptors (Lipinski definition) is 4. The van der Waals surface area contributed by atoms with Crippen LogP contribution in [0, 0.1) is 23.2 Å². The van der Waals surface area contributed by atoms with E-state index in [1.807, 2.05) is 6.92 Å². The van der Waals surface area contributed by atoms with Crippen LogP contribution in [0.4, 0.5) is 0 Å². The van der Waals surface area contributed by atoms with Crippen molar-refractivity contribution in [2.24, 2.45) is 23.2 Å². The minimum absolute atomic E-state index is 0.350. The number of likely N-dealkylation sites (tertiary alicyclic amines) is 1. The summed E-state index contributed by atoms with van der Waals surface area (Å²) >= 11 is 0. The average molecular weight is 444 g/mol. The molecular weight excluding hydrogens is 398 g/mol. The Hall–Kier alpha value is -0.940. The highest BCUT2D eigenvalue weighted by Gasteiger charge is 2.51. The number of aliphatic hydroxyl groups is 3. The maximum atomic E-state index is 10.5. The Morgan fingerprint density at radius 3 is 2.69 bits per heavy atom. The Morgan fingerprint density at radius 2 is 1.94 bits per heavy atom. The molecule has 0 bridgehead atoms. The highest BCUT2D eigenvalue weighted by molar-refractivity contribution is 5.38. The molecule has 0 spiro atoms. The van der Waals surface area contributed by atoms with Gasteiger partial charge in [0.15, 0.2) is 0 Å². The van der Waals surface area contributed by atoms with Crippen molar-refractivity contribution in [3.8, 4) is 0 Å². The maximum Gasteiger partial charge on any atom is 0.0811 e. The molecule has 7 atom stereocenters. The summed E-state index contributed by atoms with van der Waals surface area (Å²) in [5, 5.41) is 30.8. The van der Waals surface area contributed by atoms with Gasteiger partial charge in [0.1, 0.15) is 0 Å². The molecule has 0 aromatic rings. The number of allylic oxidation sites excluding steroid dienone is 3. The van der Waals surface area contributed by atoms with E-state index in [1.54, 1.807) is 5.57 Å². The minimum Gasteiger partial charge on any atom is -0.393 e. The summed E-state index contributed by atoms with van der Waals surface area (Å²) in [6, 6.07) is 0. The standard InChI is InChI=1S/C28H45NO3/c1-19(17-29-14-6-12-27(3,32)18-29)24-10-11-25-21(7-5-13-28(24,25)4)8-9-22-15-23(30)16-26(31)20(22)2/h8-9,19,23-26,30-32H,2,5-7,10-18H2,1,3-4H3/b21-8+,22-9-/t19-,23-,24-,25+,26+,27?,28-/m1/s1. The van der Waals surface area contributed by atoms with Crippen molar-refractivity contribution >= 4 is 0 Å². The van der Waals surface area contributed by atoms with Crippen LogP contribution in [-0.4, -0.2) is 57.7 Å². The number of nitrogens with zero attached hydrogens (tertiary/aromatic N) is 1. The monoisotopic (exact) mass is 443 g/mol. The van der Waals surface area contributed by atoms with Crippen LogP contribution < -0.4 is 0 Å². The second-order valence-electron chi connectivity index (χ2n) is 12.0. The summed E-state index contributed by atoms with van der Waals surface area (Å²) in [6.07, 6.45) is 12.7. The topological polar surface area (TPSA) is 63.9 Å². The van der Waals surface area contributed by atoms with Gasteiger partial charge in [0.25, 0.3) is 0 Å². The molecule has 0 radical (unpaired) electrons. The molecule has 4 heteroatoms. The molecular formula is C28H45NO3. The molecule has 4 aliphatic rings. The fourth-order valence-corrected chi connectivity index (χ4v) is 7.69. The van der Waals surface area contributed by atoms with Crippen molar-refractivity contribution in [3.05, 3.63) is 35.5 Å². The number of fused-ring (bicyclic) bond motifs is 1. The van der Waals surface area contributed by atoms with Crippen LogP contribution in [-0.2, 0) is 0 Å². The first-order valence-electron chi connectivity index (χ1n) is 13.0. The molecule has 3 saturated carbocycles. The van der Waals surface area contributed by atoms with Crippen molar-refractivity contribution < 1.29 is 15.3 Å². The lowest BCUT2D eigenvalue weighted by Crippen LogP contribution is -2.48. The predicted octanol–water partition coefficient (Wildman–Crippen LogP) is 4.61. The lowest BCUT2D eigenvalue weighted by atomic mass is 9.61. The highest BCUT2D eigenvalue weighted by atomic mass is 16.3. The van der Waals surface area contributed by atoms with E-state index in [9.17, 15) is 15.3 Å². The quantitative estimate of drug-likeness (QED) is 0.594. The summed E-state index contributed by atoms with van der Waals surface area (Å²) in [5.41, 5.74) is 3.17. The molecule has 0 aromatic carbocycles. The van der Waals surface area contributed by atoms with Crippen molar-refractivity contribution in [2.45, 2.75) is 96.4 Å². The molecule has 3 aliphatic carbocycles. The maximum absolute atomic E-state index is 10.5. The van der Waals surface area contributed by atoms with E-state index in [1.165, 1.54) is 25.7 Å². The van der Waals surface area contributed by atoms with Gasteiger partial charge in [0.2, 0.25) is 0 Å². The summed E-state index contributed by atoms with van der Waals surface area (Å²) < 4.78 is 0. The number of rotatable bonds is 4. The number of β-amino-alcohol motifs (C(OH)–C–C–N with tert-alkyl or cyclic N) is 1. The van der Waals surface area contributed by atoms with E-state index >= 15 is 0 Å². The molecule has 4 fully saturated rings. The molecule has 4 rings (SSSR count). The first-order valence-corrected chi connectivity index (χ1v) is 13.0. The molecule has 1 aliphatic heterocycles. The summed E-state index contributed by atoms with van der Waals surface area (Å²) in [5.74, 6) is 2.00. The van der Waals surface area contributed by atoms with Gasteiger partial charge in [-0.25, -0.2) is 0 Å². The normalized spacial score (nSPS) is 44.8. The predicted molar refractivity (Wildman–Crippen MR) is 130 cm³/mol. The smallest absolute Gasteiger partial charge is 0.0811 e. The van der Waals surface area contributed by atoms with Crippen LogP contribution >= 0.6 is 0 Å². The molecule has 32 heavy (non-hydrogen) atoms. The SMILES string of the molecule is C=C1/C(=C\C=C2/CCC[C@]3(C)[C@@H]([C@H](C)CN4CCCC(C)(O)C4)CC[C@@H]23)C[C@@H](O)C[C@@H]1O. The molecule has 180 valence electrons. The molecule has 1 heterocycles.